The molecule has 3 aromatic rings. The van der Waals surface area contributed by atoms with E-state index in [1.807, 2.05) is 12.3 Å². The van der Waals surface area contributed by atoms with Crippen LogP contribution in [0.3, 0.4) is 0 Å². The van der Waals surface area contributed by atoms with E-state index >= 15 is 0 Å². The highest BCUT2D eigenvalue weighted by molar-refractivity contribution is 5.79. The second kappa shape index (κ2) is 14.5. The predicted molar refractivity (Wildman–Crippen MR) is 164 cm³/mol. The second-order valence-electron chi connectivity index (χ2n) is 10.3. The molecule has 1 saturated heterocycles. The van der Waals surface area contributed by atoms with Gasteiger partial charge in [-0.2, -0.15) is 4.73 Å². The highest BCUT2D eigenvalue weighted by atomic mass is 16.5. The van der Waals surface area contributed by atoms with Crippen LogP contribution in [0, 0.1) is 12.8 Å². The van der Waals surface area contributed by atoms with Gasteiger partial charge in [-0.05, 0) is 80.3 Å². The maximum atomic E-state index is 11.0. The minimum absolute atomic E-state index is 0.130. The third-order valence-electron chi connectivity index (χ3n) is 7.57. The predicted octanol–water partition coefficient (Wildman–Crippen LogP) is 6.45. The van der Waals surface area contributed by atoms with E-state index in [0.29, 0.717) is 0 Å². The summed E-state index contributed by atoms with van der Waals surface area (Å²) in [6.07, 6.45) is 24.5. The van der Waals surface area contributed by atoms with Crippen LogP contribution in [0.5, 0.6) is 0 Å². The van der Waals surface area contributed by atoms with Gasteiger partial charge in [-0.25, -0.2) is 9.97 Å². The Bertz CT molecular complexity index is 1330. The Hall–Kier alpha value is -3.86. The third kappa shape index (κ3) is 6.82. The maximum Gasteiger partial charge on any atom is 0.162 e. The number of H-pyrrole nitrogens is 1. The number of hydrogen-bond acceptors (Lipinski definition) is 5. The summed E-state index contributed by atoms with van der Waals surface area (Å²) in [5.74, 6) is 1.71. The number of terminal acetylenes is 1. The first-order valence-electron chi connectivity index (χ1n) is 14.4. The van der Waals surface area contributed by atoms with E-state index in [-0.39, 0.29) is 6.04 Å². The van der Waals surface area contributed by atoms with E-state index in [2.05, 4.69) is 83.4 Å². The average molecular weight is 539 g/mol. The molecule has 0 saturated carbocycles. The van der Waals surface area contributed by atoms with Gasteiger partial charge in [-0.15, -0.1) is 12.8 Å². The Morgan fingerprint density at radius 1 is 1.18 bits per heavy atom. The van der Waals surface area contributed by atoms with E-state index in [1.165, 1.54) is 10.3 Å². The zero-order valence-electron chi connectivity index (χ0n) is 23.6. The molecular formula is C33H42N6O. The molecule has 1 aliphatic heterocycles. The Kier molecular flexibility index (Phi) is 10.6. The lowest BCUT2D eigenvalue weighted by Crippen LogP contribution is -2.17. The van der Waals surface area contributed by atoms with Crippen LogP contribution in [0.4, 0.5) is 0 Å². The summed E-state index contributed by atoms with van der Waals surface area (Å²) >= 11 is 0. The monoisotopic (exact) mass is 538 g/mol. The number of aromatic nitrogens is 4. The first-order valence-corrected chi connectivity index (χ1v) is 14.4. The molecule has 0 radical (unpaired) electrons. The topological polar surface area (TPSA) is 90.8 Å². The molecule has 7 heteroatoms. The second-order valence-corrected chi connectivity index (χ2v) is 10.3. The van der Waals surface area contributed by atoms with Crippen molar-refractivity contribution in [3.05, 3.63) is 83.9 Å². The van der Waals surface area contributed by atoms with Gasteiger partial charge in [0, 0.05) is 0 Å². The summed E-state index contributed by atoms with van der Waals surface area (Å²) in [6, 6.07) is 8.64. The summed E-state index contributed by atoms with van der Waals surface area (Å²) in [4.78, 5) is 12.9. The highest BCUT2D eigenvalue weighted by Gasteiger charge is 2.27. The molecule has 210 valence electrons. The number of nitrogens with zero attached hydrogens (tertiary/aromatic N) is 3. The summed E-state index contributed by atoms with van der Waals surface area (Å²) in [6.45, 7) is 8.95. The van der Waals surface area contributed by atoms with Gasteiger partial charge >= 0.3 is 0 Å². The molecule has 40 heavy (non-hydrogen) atoms. The van der Waals surface area contributed by atoms with E-state index in [0.717, 1.165) is 116 Å². The molecule has 0 bridgehead atoms. The van der Waals surface area contributed by atoms with Crippen LogP contribution in [0.15, 0.2) is 55.3 Å². The summed E-state index contributed by atoms with van der Waals surface area (Å²) in [5, 5.41) is 17.9. The SMILES string of the molecule is C#C.C=C/C(=C\C=C1/CCCCCc2c1nc([C@@H]1CCCN1)n2O)c1ccc(-c2cnc(CNCCC)[nH]2)cc1. The Morgan fingerprint density at radius 3 is 2.70 bits per heavy atom. The number of allylic oxidation sites excluding steroid dienone is 5. The molecule has 7 nitrogen and oxygen atoms in total. The van der Waals surface area contributed by atoms with Crippen molar-refractivity contribution >= 4 is 11.1 Å². The number of fused-ring (bicyclic) bond motifs is 1. The molecule has 5 rings (SSSR count). The fraction of sp³-hybridized carbons (Fsp3) is 0.394. The molecule has 0 unspecified atom stereocenters. The molecule has 1 fully saturated rings. The maximum absolute atomic E-state index is 11.0. The minimum Gasteiger partial charge on any atom is -0.427 e. The van der Waals surface area contributed by atoms with Gasteiger partial charge in [0.05, 0.1) is 35.9 Å². The van der Waals surface area contributed by atoms with Crippen LogP contribution in [-0.2, 0) is 13.0 Å². The van der Waals surface area contributed by atoms with Crippen LogP contribution >= 0.6 is 0 Å². The number of rotatable bonds is 9. The van der Waals surface area contributed by atoms with E-state index in [1.54, 1.807) is 0 Å². The number of imidazole rings is 2. The van der Waals surface area contributed by atoms with Gasteiger partial charge < -0.3 is 20.8 Å². The van der Waals surface area contributed by atoms with Gasteiger partial charge in [-0.3, -0.25) is 0 Å². The van der Waals surface area contributed by atoms with Gasteiger partial charge in [0.2, 0.25) is 0 Å². The van der Waals surface area contributed by atoms with Gasteiger partial charge in [-0.1, -0.05) is 62.4 Å². The lowest BCUT2D eigenvalue weighted by Gasteiger charge is -2.13. The Labute approximate surface area is 238 Å². The molecule has 2 aromatic heterocycles. The lowest BCUT2D eigenvalue weighted by molar-refractivity contribution is 0.160. The van der Waals surface area contributed by atoms with E-state index in [9.17, 15) is 5.21 Å². The molecule has 1 aliphatic carbocycles. The first-order chi connectivity index (χ1) is 19.7. The normalized spacial score (nSPS) is 18.4. The zero-order valence-corrected chi connectivity index (χ0v) is 23.6. The van der Waals surface area contributed by atoms with Crippen molar-refractivity contribution in [2.45, 2.75) is 70.9 Å². The van der Waals surface area contributed by atoms with Crippen molar-refractivity contribution < 1.29 is 5.21 Å². The minimum atomic E-state index is 0.130. The van der Waals surface area contributed by atoms with E-state index < -0.39 is 0 Å². The number of aromatic amines is 1. The largest absolute Gasteiger partial charge is 0.427 e. The smallest absolute Gasteiger partial charge is 0.162 e. The van der Waals surface area contributed by atoms with Crippen molar-refractivity contribution in [2.24, 2.45) is 0 Å². The standard InChI is InChI=1S/C31H40N6O.C2H2/c1-3-18-32-21-29-34-20-27(35-29)24-15-13-23(14-16-24)22(4-2)12-17-25-9-6-5-7-11-28-30(25)36-31(37(28)38)26-10-8-19-33-26;1-2/h4,12-17,20,26,32-33,38H,2-3,5-11,18-19,21H2,1H3,(H,34,35);1-2H/b22-12+,25-17+;/t26-;/m0./s1. The highest BCUT2D eigenvalue weighted by Crippen LogP contribution is 2.33. The fourth-order valence-electron chi connectivity index (χ4n) is 5.44. The average Bonchev–Trinajstić information content (AvgIpc) is 3.74. The molecule has 2 aliphatic rings. The summed E-state index contributed by atoms with van der Waals surface area (Å²) in [7, 11) is 0. The van der Waals surface area contributed by atoms with Gasteiger partial charge in [0.25, 0.3) is 0 Å². The quantitative estimate of drug-likeness (QED) is 0.109. The number of nitrogens with one attached hydrogen (secondary N) is 3. The van der Waals surface area contributed by atoms with Gasteiger partial charge in [0.1, 0.15) is 5.82 Å². The fourth-order valence-corrected chi connectivity index (χ4v) is 5.44. The summed E-state index contributed by atoms with van der Waals surface area (Å²) in [5.41, 5.74) is 7.38. The molecule has 4 N–H and O–H groups in total. The zero-order chi connectivity index (χ0) is 28.3. The third-order valence-corrected chi connectivity index (χ3v) is 7.57. The first kappa shape index (κ1) is 29.1. The molecular weight excluding hydrogens is 496 g/mol. The van der Waals surface area contributed by atoms with Crippen molar-refractivity contribution in [1.29, 1.82) is 0 Å². The van der Waals surface area contributed by atoms with Crippen LogP contribution in [-0.4, -0.2) is 38.0 Å². The molecule has 1 aromatic carbocycles. The van der Waals surface area contributed by atoms with Crippen LogP contribution in [0.2, 0.25) is 0 Å². The van der Waals surface area contributed by atoms with Crippen LogP contribution in [0.25, 0.3) is 22.4 Å². The number of hydrogen-bond donors (Lipinski definition) is 4. The molecule has 3 heterocycles. The van der Waals surface area contributed by atoms with Crippen molar-refractivity contribution in [1.82, 2.24) is 30.3 Å². The molecule has 0 spiro atoms. The van der Waals surface area contributed by atoms with E-state index in [4.69, 9.17) is 4.98 Å². The van der Waals surface area contributed by atoms with Crippen LogP contribution < -0.4 is 10.6 Å². The molecule has 0 amide bonds. The van der Waals surface area contributed by atoms with Crippen molar-refractivity contribution in [3.63, 3.8) is 0 Å². The lowest BCUT2D eigenvalue weighted by atomic mass is 9.95. The summed E-state index contributed by atoms with van der Waals surface area (Å²) < 4.78 is 1.37. The molecule has 1 atom stereocenters. The Balaban J connectivity index is 0.00000181. The van der Waals surface area contributed by atoms with Crippen molar-refractivity contribution in [2.75, 3.05) is 13.1 Å². The van der Waals surface area contributed by atoms with Crippen LogP contribution in [0.1, 0.15) is 86.5 Å². The van der Waals surface area contributed by atoms with Crippen molar-refractivity contribution in [3.8, 4) is 24.1 Å². The Morgan fingerprint density at radius 2 is 1.98 bits per heavy atom. The van der Waals surface area contributed by atoms with Gasteiger partial charge in [0.15, 0.2) is 5.82 Å². The number of benzene rings is 1.